The van der Waals surface area contributed by atoms with Crippen LogP contribution in [0.3, 0.4) is 0 Å². The standard InChI is InChI=1S/C11H11ClNO/c1-8-7-9(2)14-13(8)11-5-3-10(12)4-6-11/h3-6,9H,1-2H3. The van der Waals surface area contributed by atoms with Gasteiger partial charge in [-0.05, 0) is 38.1 Å². The molecule has 3 heteroatoms. The molecule has 0 aromatic heterocycles. The van der Waals surface area contributed by atoms with Crippen molar-refractivity contribution in [1.82, 2.24) is 0 Å². The van der Waals surface area contributed by atoms with Gasteiger partial charge in [-0.2, -0.15) is 0 Å². The van der Waals surface area contributed by atoms with Crippen LogP contribution in [0.25, 0.3) is 0 Å². The molecule has 14 heavy (non-hydrogen) atoms. The Morgan fingerprint density at radius 2 is 2.00 bits per heavy atom. The van der Waals surface area contributed by atoms with E-state index in [9.17, 15) is 0 Å². The van der Waals surface area contributed by atoms with E-state index >= 15 is 0 Å². The number of anilines is 1. The van der Waals surface area contributed by atoms with Gasteiger partial charge in [0.05, 0.1) is 11.4 Å². The van der Waals surface area contributed by atoms with E-state index in [1.165, 1.54) is 0 Å². The molecule has 0 spiro atoms. The van der Waals surface area contributed by atoms with Crippen LogP contribution in [-0.2, 0) is 4.84 Å². The van der Waals surface area contributed by atoms with Crippen molar-refractivity contribution in [1.29, 1.82) is 0 Å². The van der Waals surface area contributed by atoms with Crippen LogP contribution in [0.5, 0.6) is 0 Å². The zero-order valence-electron chi connectivity index (χ0n) is 8.12. The van der Waals surface area contributed by atoms with Crippen molar-refractivity contribution in [2.24, 2.45) is 0 Å². The largest absolute Gasteiger partial charge is 0.261 e. The first-order valence-electron chi connectivity index (χ1n) is 4.49. The Kier molecular flexibility index (Phi) is 2.48. The predicted molar refractivity (Wildman–Crippen MR) is 56.9 cm³/mol. The van der Waals surface area contributed by atoms with Gasteiger partial charge in [0.2, 0.25) is 0 Å². The van der Waals surface area contributed by atoms with Crippen LogP contribution < -0.4 is 5.06 Å². The number of hydrogen-bond donors (Lipinski definition) is 0. The molecule has 2 rings (SSSR count). The maximum Gasteiger partial charge on any atom is 0.110 e. The summed E-state index contributed by atoms with van der Waals surface area (Å²) in [4.78, 5) is 5.54. The maximum atomic E-state index is 5.80. The van der Waals surface area contributed by atoms with Gasteiger partial charge in [-0.15, -0.1) is 0 Å². The predicted octanol–water partition coefficient (Wildman–Crippen LogP) is 3.19. The highest BCUT2D eigenvalue weighted by Gasteiger charge is 2.19. The molecule has 1 atom stereocenters. The molecule has 1 radical (unpaired) electrons. The number of nitrogens with zero attached hydrogens (tertiary/aromatic N) is 1. The fraction of sp³-hybridized carbons (Fsp3) is 0.273. The summed E-state index contributed by atoms with van der Waals surface area (Å²) >= 11 is 5.80. The van der Waals surface area contributed by atoms with E-state index in [2.05, 4.69) is 6.08 Å². The fourth-order valence-corrected chi connectivity index (χ4v) is 1.57. The minimum absolute atomic E-state index is 0.0191. The highest BCUT2D eigenvalue weighted by Crippen LogP contribution is 2.26. The molecule has 1 heterocycles. The molecule has 1 aromatic rings. The molecule has 0 saturated heterocycles. The topological polar surface area (TPSA) is 12.5 Å². The third kappa shape index (κ3) is 1.76. The molecule has 1 unspecified atom stereocenters. The van der Waals surface area contributed by atoms with E-state index < -0.39 is 0 Å². The van der Waals surface area contributed by atoms with Gasteiger partial charge >= 0.3 is 0 Å². The Morgan fingerprint density at radius 1 is 1.36 bits per heavy atom. The van der Waals surface area contributed by atoms with Crippen LogP contribution in [0.2, 0.25) is 5.02 Å². The first-order valence-corrected chi connectivity index (χ1v) is 4.87. The Labute approximate surface area is 88.7 Å². The third-order valence-electron chi connectivity index (χ3n) is 2.04. The lowest BCUT2D eigenvalue weighted by atomic mass is 10.3. The van der Waals surface area contributed by atoms with E-state index in [0.29, 0.717) is 0 Å². The van der Waals surface area contributed by atoms with Crippen LogP contribution in [0, 0.1) is 6.08 Å². The molecule has 0 fully saturated rings. The zero-order chi connectivity index (χ0) is 10.1. The van der Waals surface area contributed by atoms with Gasteiger partial charge in [0.1, 0.15) is 6.10 Å². The van der Waals surface area contributed by atoms with Gasteiger partial charge in [0.15, 0.2) is 0 Å². The Morgan fingerprint density at radius 3 is 2.50 bits per heavy atom. The second kappa shape index (κ2) is 3.64. The number of allylic oxidation sites excluding steroid dienone is 1. The van der Waals surface area contributed by atoms with Crippen LogP contribution >= 0.6 is 11.6 Å². The number of benzene rings is 1. The number of rotatable bonds is 1. The van der Waals surface area contributed by atoms with E-state index in [-0.39, 0.29) is 6.10 Å². The molecule has 0 N–H and O–H groups in total. The van der Waals surface area contributed by atoms with Gasteiger partial charge in [-0.25, -0.2) is 5.06 Å². The van der Waals surface area contributed by atoms with E-state index in [1.807, 2.05) is 38.1 Å². The Bertz CT molecular complexity index is 358. The first-order chi connectivity index (χ1) is 6.66. The molecule has 1 aliphatic heterocycles. The number of hydroxylamine groups is 1. The van der Waals surface area contributed by atoms with Gasteiger partial charge in [0, 0.05) is 11.1 Å². The summed E-state index contributed by atoms with van der Waals surface area (Å²) in [6, 6.07) is 7.53. The molecule has 0 aliphatic carbocycles. The maximum absolute atomic E-state index is 5.80. The lowest BCUT2D eigenvalue weighted by Gasteiger charge is -2.19. The second-order valence-electron chi connectivity index (χ2n) is 3.25. The average molecular weight is 209 g/mol. The lowest BCUT2D eigenvalue weighted by Crippen LogP contribution is -2.17. The summed E-state index contributed by atoms with van der Waals surface area (Å²) in [6.07, 6.45) is 3.19. The first kappa shape index (κ1) is 9.56. The zero-order valence-corrected chi connectivity index (χ0v) is 8.88. The number of hydrogen-bond acceptors (Lipinski definition) is 2. The molecule has 73 valence electrons. The van der Waals surface area contributed by atoms with Crippen LogP contribution in [0.4, 0.5) is 5.69 Å². The molecule has 0 bridgehead atoms. The Hall–Kier alpha value is -0.990. The SMILES string of the molecule is CC1=[C]C(C)ON1c1ccc(Cl)cc1. The van der Waals surface area contributed by atoms with Crippen molar-refractivity contribution in [3.63, 3.8) is 0 Å². The van der Waals surface area contributed by atoms with Crippen molar-refractivity contribution in [2.75, 3.05) is 5.06 Å². The lowest BCUT2D eigenvalue weighted by molar-refractivity contribution is 0.108. The summed E-state index contributed by atoms with van der Waals surface area (Å²) in [7, 11) is 0. The summed E-state index contributed by atoms with van der Waals surface area (Å²) in [5.41, 5.74) is 1.96. The van der Waals surface area contributed by atoms with Crippen LogP contribution in [-0.4, -0.2) is 6.10 Å². The van der Waals surface area contributed by atoms with Crippen molar-refractivity contribution in [3.8, 4) is 0 Å². The van der Waals surface area contributed by atoms with Gasteiger partial charge < -0.3 is 0 Å². The van der Waals surface area contributed by atoms with Crippen molar-refractivity contribution >= 4 is 17.3 Å². The highest BCUT2D eigenvalue weighted by molar-refractivity contribution is 6.30. The molecule has 0 amide bonds. The van der Waals surface area contributed by atoms with Crippen molar-refractivity contribution in [2.45, 2.75) is 20.0 Å². The minimum atomic E-state index is 0.0191. The summed E-state index contributed by atoms with van der Waals surface area (Å²) in [6.45, 7) is 3.93. The summed E-state index contributed by atoms with van der Waals surface area (Å²) < 4.78 is 0. The van der Waals surface area contributed by atoms with Gasteiger partial charge in [0.25, 0.3) is 0 Å². The van der Waals surface area contributed by atoms with Gasteiger partial charge in [-0.3, -0.25) is 4.84 Å². The molecule has 1 aliphatic rings. The van der Waals surface area contributed by atoms with E-state index in [4.69, 9.17) is 16.4 Å². The fourth-order valence-electron chi connectivity index (χ4n) is 1.45. The molecule has 2 nitrogen and oxygen atoms in total. The molecule has 1 aromatic carbocycles. The summed E-state index contributed by atoms with van der Waals surface area (Å²) in [5.74, 6) is 0. The Balaban J connectivity index is 2.25. The van der Waals surface area contributed by atoms with Crippen LogP contribution in [0.1, 0.15) is 13.8 Å². The number of halogens is 1. The quantitative estimate of drug-likeness (QED) is 0.703. The second-order valence-corrected chi connectivity index (χ2v) is 3.68. The average Bonchev–Trinajstić information content (AvgIpc) is 2.47. The molecule has 0 saturated carbocycles. The van der Waals surface area contributed by atoms with E-state index in [0.717, 1.165) is 16.4 Å². The monoisotopic (exact) mass is 208 g/mol. The van der Waals surface area contributed by atoms with Crippen molar-refractivity contribution in [3.05, 3.63) is 41.1 Å². The van der Waals surface area contributed by atoms with Crippen LogP contribution in [0.15, 0.2) is 30.0 Å². The van der Waals surface area contributed by atoms with E-state index in [1.54, 1.807) is 5.06 Å². The summed E-state index contributed by atoms with van der Waals surface area (Å²) in [5, 5.41) is 2.49. The molecular formula is C11H11ClNO. The minimum Gasteiger partial charge on any atom is -0.261 e. The molecular weight excluding hydrogens is 198 g/mol. The van der Waals surface area contributed by atoms with Gasteiger partial charge in [-0.1, -0.05) is 11.6 Å². The normalized spacial score (nSPS) is 21.2. The third-order valence-corrected chi connectivity index (χ3v) is 2.29. The highest BCUT2D eigenvalue weighted by atomic mass is 35.5. The smallest absolute Gasteiger partial charge is 0.110 e. The van der Waals surface area contributed by atoms with Crippen molar-refractivity contribution < 1.29 is 4.84 Å².